The van der Waals surface area contributed by atoms with E-state index in [4.69, 9.17) is 5.84 Å². The molecule has 1 amide bonds. The minimum Gasteiger partial charge on any atom is -0.293 e. The van der Waals surface area contributed by atoms with E-state index in [0.717, 1.165) is 6.54 Å². The standard InChI is InChI=1S/C8H17N3O/c1-7-4-2-3-5-11(7)6-8(12)10-9/h7H,2-6,9H2,1H3,(H,10,12)/t7-/m1/s1. The number of hydrogen-bond acceptors (Lipinski definition) is 3. The summed E-state index contributed by atoms with van der Waals surface area (Å²) in [6.07, 6.45) is 3.67. The first-order chi connectivity index (χ1) is 5.74. The van der Waals surface area contributed by atoms with E-state index in [2.05, 4.69) is 17.2 Å². The Morgan fingerprint density at radius 1 is 1.67 bits per heavy atom. The van der Waals surface area contributed by atoms with E-state index in [1.54, 1.807) is 0 Å². The molecule has 3 N–H and O–H groups in total. The summed E-state index contributed by atoms with van der Waals surface area (Å²) in [6, 6.07) is 0.524. The lowest BCUT2D eigenvalue weighted by molar-refractivity contribution is -0.123. The van der Waals surface area contributed by atoms with Gasteiger partial charge in [0.15, 0.2) is 0 Å². The van der Waals surface area contributed by atoms with E-state index >= 15 is 0 Å². The fourth-order valence-electron chi connectivity index (χ4n) is 1.62. The van der Waals surface area contributed by atoms with Gasteiger partial charge in [0, 0.05) is 6.04 Å². The Labute approximate surface area is 73.1 Å². The Bertz CT molecular complexity index is 160. The first-order valence-corrected chi connectivity index (χ1v) is 4.47. The Balaban J connectivity index is 2.33. The molecule has 12 heavy (non-hydrogen) atoms. The van der Waals surface area contributed by atoms with Crippen molar-refractivity contribution < 1.29 is 4.79 Å². The van der Waals surface area contributed by atoms with Crippen LogP contribution >= 0.6 is 0 Å². The van der Waals surface area contributed by atoms with Gasteiger partial charge in [-0.1, -0.05) is 6.42 Å². The Morgan fingerprint density at radius 2 is 2.42 bits per heavy atom. The van der Waals surface area contributed by atoms with Gasteiger partial charge in [0.2, 0.25) is 5.91 Å². The molecule has 4 nitrogen and oxygen atoms in total. The highest BCUT2D eigenvalue weighted by atomic mass is 16.2. The van der Waals surface area contributed by atoms with Crippen LogP contribution in [0.2, 0.25) is 0 Å². The number of carbonyl (C=O) groups is 1. The van der Waals surface area contributed by atoms with Gasteiger partial charge in [0.25, 0.3) is 0 Å². The number of hydrazine groups is 1. The lowest BCUT2D eigenvalue weighted by atomic mass is 10.0. The predicted molar refractivity (Wildman–Crippen MR) is 47.2 cm³/mol. The van der Waals surface area contributed by atoms with Crippen LogP contribution in [0.1, 0.15) is 26.2 Å². The van der Waals surface area contributed by atoms with Crippen LogP contribution in [0.4, 0.5) is 0 Å². The summed E-state index contributed by atoms with van der Waals surface area (Å²) < 4.78 is 0. The van der Waals surface area contributed by atoms with Crippen LogP contribution in [-0.4, -0.2) is 29.9 Å². The molecule has 0 saturated carbocycles. The fourth-order valence-corrected chi connectivity index (χ4v) is 1.62. The third-order valence-corrected chi connectivity index (χ3v) is 2.45. The van der Waals surface area contributed by atoms with Crippen molar-refractivity contribution in [2.45, 2.75) is 32.2 Å². The highest BCUT2D eigenvalue weighted by molar-refractivity contribution is 5.77. The molecule has 0 aromatic carbocycles. The molecule has 4 heteroatoms. The van der Waals surface area contributed by atoms with Crippen molar-refractivity contribution in [3.8, 4) is 0 Å². The van der Waals surface area contributed by atoms with Crippen molar-refractivity contribution in [1.29, 1.82) is 0 Å². The van der Waals surface area contributed by atoms with Gasteiger partial charge in [0.05, 0.1) is 6.54 Å². The number of hydrogen-bond donors (Lipinski definition) is 2. The van der Waals surface area contributed by atoms with Gasteiger partial charge in [0.1, 0.15) is 0 Å². The van der Waals surface area contributed by atoms with Crippen LogP contribution in [0.5, 0.6) is 0 Å². The lowest BCUT2D eigenvalue weighted by Crippen LogP contribution is -2.45. The van der Waals surface area contributed by atoms with E-state index in [1.807, 2.05) is 0 Å². The van der Waals surface area contributed by atoms with Crippen molar-refractivity contribution in [2.24, 2.45) is 5.84 Å². The predicted octanol–water partition coefficient (Wildman–Crippen LogP) is -0.149. The maximum absolute atomic E-state index is 10.9. The molecule has 0 bridgehead atoms. The minimum atomic E-state index is -0.0937. The number of nitrogens with two attached hydrogens (primary N) is 1. The SMILES string of the molecule is C[C@@H]1CCCCN1CC(=O)NN. The maximum Gasteiger partial charge on any atom is 0.248 e. The van der Waals surface area contributed by atoms with E-state index in [9.17, 15) is 4.79 Å². The monoisotopic (exact) mass is 171 g/mol. The molecule has 70 valence electrons. The number of carbonyl (C=O) groups excluding carboxylic acids is 1. The van der Waals surface area contributed by atoms with E-state index in [0.29, 0.717) is 12.6 Å². The molecule has 0 aliphatic carbocycles. The zero-order valence-corrected chi connectivity index (χ0v) is 7.55. The average molecular weight is 171 g/mol. The molecular formula is C8H17N3O. The molecule has 1 heterocycles. The van der Waals surface area contributed by atoms with Gasteiger partial charge in [-0.2, -0.15) is 0 Å². The molecule has 0 aromatic heterocycles. The zero-order chi connectivity index (χ0) is 8.97. The molecule has 0 aromatic rings. The largest absolute Gasteiger partial charge is 0.293 e. The van der Waals surface area contributed by atoms with Crippen molar-refractivity contribution in [1.82, 2.24) is 10.3 Å². The van der Waals surface area contributed by atoms with Crippen LogP contribution < -0.4 is 11.3 Å². The van der Waals surface area contributed by atoms with Gasteiger partial charge >= 0.3 is 0 Å². The summed E-state index contributed by atoms with van der Waals surface area (Å²) in [5.74, 6) is 4.91. The normalized spacial score (nSPS) is 25.3. The van der Waals surface area contributed by atoms with Crippen LogP contribution in [0.15, 0.2) is 0 Å². The molecule has 0 spiro atoms. The first-order valence-electron chi connectivity index (χ1n) is 4.47. The first kappa shape index (κ1) is 9.48. The van der Waals surface area contributed by atoms with Gasteiger partial charge in [-0.05, 0) is 26.3 Å². The molecule has 1 fully saturated rings. The Morgan fingerprint density at radius 3 is 3.00 bits per heavy atom. The van der Waals surface area contributed by atoms with Crippen molar-refractivity contribution >= 4 is 5.91 Å². The number of amides is 1. The molecule has 0 unspecified atom stereocenters. The topological polar surface area (TPSA) is 58.4 Å². The second-order valence-electron chi connectivity index (χ2n) is 3.38. The van der Waals surface area contributed by atoms with E-state index in [-0.39, 0.29) is 5.91 Å². The second-order valence-corrected chi connectivity index (χ2v) is 3.38. The fraction of sp³-hybridized carbons (Fsp3) is 0.875. The third kappa shape index (κ3) is 2.46. The number of nitrogens with one attached hydrogen (secondary N) is 1. The van der Waals surface area contributed by atoms with Crippen molar-refractivity contribution in [3.63, 3.8) is 0 Å². The number of nitrogens with zero attached hydrogens (tertiary/aromatic N) is 1. The molecule has 1 saturated heterocycles. The van der Waals surface area contributed by atoms with E-state index in [1.165, 1.54) is 19.3 Å². The quantitative estimate of drug-likeness (QED) is 0.345. The molecule has 1 rings (SSSR count). The van der Waals surface area contributed by atoms with Crippen LogP contribution in [-0.2, 0) is 4.79 Å². The van der Waals surface area contributed by atoms with E-state index < -0.39 is 0 Å². The summed E-state index contributed by atoms with van der Waals surface area (Å²) in [7, 11) is 0. The molecule has 1 aliphatic rings. The molecule has 1 aliphatic heterocycles. The minimum absolute atomic E-state index is 0.0937. The smallest absolute Gasteiger partial charge is 0.248 e. The van der Waals surface area contributed by atoms with Gasteiger partial charge in [-0.25, -0.2) is 5.84 Å². The third-order valence-electron chi connectivity index (χ3n) is 2.45. The van der Waals surface area contributed by atoms with Crippen molar-refractivity contribution in [2.75, 3.05) is 13.1 Å². The summed E-state index contributed by atoms with van der Waals surface area (Å²) >= 11 is 0. The molecular weight excluding hydrogens is 154 g/mol. The molecule has 0 radical (unpaired) electrons. The summed E-state index contributed by atoms with van der Waals surface area (Å²) in [6.45, 7) is 3.62. The van der Waals surface area contributed by atoms with Gasteiger partial charge in [-0.15, -0.1) is 0 Å². The second kappa shape index (κ2) is 4.42. The number of rotatable bonds is 2. The van der Waals surface area contributed by atoms with Crippen LogP contribution in [0.25, 0.3) is 0 Å². The van der Waals surface area contributed by atoms with Gasteiger partial charge < -0.3 is 0 Å². The number of likely N-dealkylation sites (tertiary alicyclic amines) is 1. The average Bonchev–Trinajstić information content (AvgIpc) is 2.09. The highest BCUT2D eigenvalue weighted by Gasteiger charge is 2.19. The van der Waals surface area contributed by atoms with Crippen molar-refractivity contribution in [3.05, 3.63) is 0 Å². The highest BCUT2D eigenvalue weighted by Crippen LogP contribution is 2.15. The molecule has 1 atom stereocenters. The van der Waals surface area contributed by atoms with Gasteiger partial charge in [-0.3, -0.25) is 15.1 Å². The zero-order valence-electron chi connectivity index (χ0n) is 7.55. The van der Waals surface area contributed by atoms with Crippen LogP contribution in [0, 0.1) is 0 Å². The Kier molecular flexibility index (Phi) is 3.49. The lowest BCUT2D eigenvalue weighted by Gasteiger charge is -2.32. The number of piperidine rings is 1. The summed E-state index contributed by atoms with van der Waals surface area (Å²) in [5, 5.41) is 0. The van der Waals surface area contributed by atoms with Crippen LogP contribution in [0.3, 0.4) is 0 Å². The maximum atomic E-state index is 10.9. The Hall–Kier alpha value is -0.610. The summed E-state index contributed by atoms with van der Waals surface area (Å²) in [4.78, 5) is 13.1. The summed E-state index contributed by atoms with van der Waals surface area (Å²) in [5.41, 5.74) is 2.15.